The fraction of sp³-hybridized carbons (Fsp3) is 0.320. The first-order chi connectivity index (χ1) is 15.7. The topological polar surface area (TPSA) is 54.0 Å². The maximum atomic E-state index is 12.1. The van der Waals surface area contributed by atoms with Gasteiger partial charge in [-0.2, -0.15) is 11.3 Å². The fourth-order valence-corrected chi connectivity index (χ4v) is 4.44. The number of hydrogen-bond donors (Lipinski definition) is 1. The molecule has 1 N–H and O–H groups in total. The maximum Gasteiger partial charge on any atom is 0.252 e. The third kappa shape index (κ3) is 7.53. The molecule has 1 amide bonds. The summed E-state index contributed by atoms with van der Waals surface area (Å²) in [4.78, 5) is 16.8. The molecule has 0 aliphatic carbocycles. The maximum absolute atomic E-state index is 12.1. The molecule has 2 aromatic carbocycles. The third-order valence-electron chi connectivity index (χ3n) is 5.60. The van der Waals surface area contributed by atoms with Crippen LogP contribution in [0.1, 0.15) is 15.9 Å². The first kappa shape index (κ1) is 27.8. The number of thiophene rings is 1. The Balaban J connectivity index is 0.00000204. The lowest BCUT2D eigenvalue weighted by Crippen LogP contribution is -2.48. The summed E-state index contributed by atoms with van der Waals surface area (Å²) in [6, 6.07) is 18.0. The highest BCUT2D eigenvalue weighted by atomic mass is 35.5. The van der Waals surface area contributed by atoms with Crippen LogP contribution in [-0.2, 0) is 6.61 Å². The lowest BCUT2D eigenvalue weighted by Gasteiger charge is -2.36. The monoisotopic (exact) mass is 523 g/mol. The highest BCUT2D eigenvalue weighted by Gasteiger charge is 2.19. The van der Waals surface area contributed by atoms with Crippen molar-refractivity contribution in [2.24, 2.45) is 0 Å². The number of carbonyl (C=O) groups is 1. The molecule has 1 aliphatic heterocycles. The molecule has 1 aliphatic rings. The van der Waals surface area contributed by atoms with Crippen molar-refractivity contribution in [3.8, 4) is 11.5 Å². The van der Waals surface area contributed by atoms with E-state index in [2.05, 4.69) is 27.2 Å². The Morgan fingerprint density at radius 1 is 1.03 bits per heavy atom. The van der Waals surface area contributed by atoms with Crippen molar-refractivity contribution in [1.82, 2.24) is 10.2 Å². The molecule has 6 nitrogen and oxygen atoms in total. The first-order valence-electron chi connectivity index (χ1n) is 10.9. The summed E-state index contributed by atoms with van der Waals surface area (Å²) in [6.45, 7) is 5.79. The molecule has 0 radical (unpaired) electrons. The van der Waals surface area contributed by atoms with E-state index in [9.17, 15) is 4.79 Å². The number of amides is 1. The van der Waals surface area contributed by atoms with Crippen LogP contribution < -0.4 is 19.7 Å². The molecule has 0 saturated carbocycles. The lowest BCUT2D eigenvalue weighted by atomic mass is 10.2. The van der Waals surface area contributed by atoms with E-state index in [1.807, 2.05) is 53.2 Å². The summed E-state index contributed by atoms with van der Waals surface area (Å²) in [5, 5.41) is 6.81. The number of nitrogens with zero attached hydrogens (tertiary/aromatic N) is 2. The van der Waals surface area contributed by atoms with E-state index in [4.69, 9.17) is 9.47 Å². The van der Waals surface area contributed by atoms with Crippen LogP contribution in [0.15, 0.2) is 65.4 Å². The van der Waals surface area contributed by atoms with Crippen LogP contribution in [0, 0.1) is 0 Å². The highest BCUT2D eigenvalue weighted by molar-refractivity contribution is 7.08. The fourth-order valence-electron chi connectivity index (χ4n) is 3.80. The zero-order valence-corrected chi connectivity index (χ0v) is 21.6. The largest absolute Gasteiger partial charge is 0.497 e. The zero-order valence-electron chi connectivity index (χ0n) is 19.1. The van der Waals surface area contributed by atoms with Gasteiger partial charge in [0.15, 0.2) is 0 Å². The van der Waals surface area contributed by atoms with Gasteiger partial charge in [0.2, 0.25) is 0 Å². The minimum absolute atomic E-state index is 0. The van der Waals surface area contributed by atoms with Gasteiger partial charge in [-0.15, -0.1) is 24.8 Å². The Kier molecular flexibility index (Phi) is 11.5. The van der Waals surface area contributed by atoms with E-state index in [0.717, 1.165) is 61.0 Å². The number of anilines is 1. The summed E-state index contributed by atoms with van der Waals surface area (Å²) in [6.07, 6.45) is 0. The Labute approximate surface area is 217 Å². The lowest BCUT2D eigenvalue weighted by molar-refractivity contribution is 0.0948. The number of para-hydroxylation sites is 2. The van der Waals surface area contributed by atoms with Crippen molar-refractivity contribution in [1.29, 1.82) is 0 Å². The van der Waals surface area contributed by atoms with Gasteiger partial charge in [-0.25, -0.2) is 0 Å². The molecule has 0 spiro atoms. The van der Waals surface area contributed by atoms with Gasteiger partial charge in [-0.05, 0) is 41.3 Å². The van der Waals surface area contributed by atoms with Crippen LogP contribution in [0.4, 0.5) is 5.69 Å². The number of rotatable bonds is 9. The number of piperazine rings is 1. The molecule has 0 bridgehead atoms. The molecule has 4 rings (SSSR count). The first-order valence-corrected chi connectivity index (χ1v) is 11.8. The van der Waals surface area contributed by atoms with E-state index in [1.165, 1.54) is 11.3 Å². The number of nitrogens with one attached hydrogen (secondary N) is 1. The van der Waals surface area contributed by atoms with E-state index in [-0.39, 0.29) is 30.7 Å². The highest BCUT2D eigenvalue weighted by Crippen LogP contribution is 2.29. The Morgan fingerprint density at radius 3 is 2.56 bits per heavy atom. The summed E-state index contributed by atoms with van der Waals surface area (Å²) in [7, 11) is 1.67. The number of methoxy groups -OCH3 is 1. The van der Waals surface area contributed by atoms with Crippen molar-refractivity contribution in [2.45, 2.75) is 6.61 Å². The molecule has 9 heteroatoms. The second kappa shape index (κ2) is 14.1. The van der Waals surface area contributed by atoms with Crippen LogP contribution in [0.25, 0.3) is 0 Å². The molecular weight excluding hydrogens is 493 g/mol. The van der Waals surface area contributed by atoms with Crippen molar-refractivity contribution in [3.05, 3.63) is 76.5 Å². The summed E-state index contributed by atoms with van der Waals surface area (Å²) < 4.78 is 11.5. The second-order valence-electron chi connectivity index (χ2n) is 7.70. The van der Waals surface area contributed by atoms with E-state index in [1.54, 1.807) is 7.11 Å². The van der Waals surface area contributed by atoms with Gasteiger partial charge in [0, 0.05) is 50.2 Å². The Morgan fingerprint density at radius 2 is 1.82 bits per heavy atom. The summed E-state index contributed by atoms with van der Waals surface area (Å²) in [5.41, 5.74) is 2.94. The van der Waals surface area contributed by atoms with E-state index in [0.29, 0.717) is 13.2 Å². The standard InChI is InChI=1S/C25H29N3O3S.2ClH/c1-30-22-6-4-5-20(17-22)18-31-24-8-3-2-7-23(24)28-14-12-27(13-15-28)11-10-26-25(29)21-9-16-32-19-21;;/h2-9,16-17,19H,10-15,18H2,1H3,(H,26,29);2*1H. The van der Waals surface area contributed by atoms with Gasteiger partial charge in [0.05, 0.1) is 12.8 Å². The van der Waals surface area contributed by atoms with Gasteiger partial charge in [-0.3, -0.25) is 9.69 Å². The molecule has 2 heterocycles. The number of ether oxygens (including phenoxy) is 2. The zero-order chi connectivity index (χ0) is 22.2. The average molecular weight is 525 g/mol. The second-order valence-corrected chi connectivity index (χ2v) is 8.48. The molecular formula is C25H31Cl2N3O3S. The molecule has 0 unspecified atom stereocenters. The van der Waals surface area contributed by atoms with E-state index >= 15 is 0 Å². The predicted molar refractivity (Wildman–Crippen MR) is 144 cm³/mol. The van der Waals surface area contributed by atoms with Crippen LogP contribution in [0.2, 0.25) is 0 Å². The molecule has 34 heavy (non-hydrogen) atoms. The average Bonchev–Trinajstić information content (AvgIpc) is 3.39. The van der Waals surface area contributed by atoms with Crippen molar-refractivity contribution in [2.75, 3.05) is 51.3 Å². The quantitative estimate of drug-likeness (QED) is 0.439. The normalized spacial score (nSPS) is 13.4. The molecule has 184 valence electrons. The molecule has 1 saturated heterocycles. The number of carbonyl (C=O) groups excluding carboxylic acids is 1. The Hall–Kier alpha value is -2.45. The van der Waals surface area contributed by atoms with Crippen LogP contribution >= 0.6 is 36.2 Å². The number of halogens is 2. The summed E-state index contributed by atoms with van der Waals surface area (Å²) >= 11 is 1.54. The minimum Gasteiger partial charge on any atom is -0.497 e. The SMILES string of the molecule is COc1cccc(COc2ccccc2N2CCN(CCNC(=O)c3ccsc3)CC2)c1.Cl.Cl. The smallest absolute Gasteiger partial charge is 0.252 e. The van der Waals surface area contributed by atoms with Gasteiger partial charge in [0.1, 0.15) is 18.1 Å². The Bertz CT molecular complexity index is 1010. The van der Waals surface area contributed by atoms with Gasteiger partial charge in [0.25, 0.3) is 5.91 Å². The molecule has 1 fully saturated rings. The summed E-state index contributed by atoms with van der Waals surface area (Å²) in [5.74, 6) is 1.74. The van der Waals surface area contributed by atoms with E-state index < -0.39 is 0 Å². The molecule has 1 aromatic heterocycles. The number of hydrogen-bond acceptors (Lipinski definition) is 6. The number of benzene rings is 2. The van der Waals surface area contributed by atoms with Gasteiger partial charge in [-0.1, -0.05) is 24.3 Å². The minimum atomic E-state index is 0. The molecule has 0 atom stereocenters. The predicted octanol–water partition coefficient (Wildman–Crippen LogP) is 4.73. The molecule has 3 aromatic rings. The van der Waals surface area contributed by atoms with Crippen molar-refractivity contribution < 1.29 is 14.3 Å². The van der Waals surface area contributed by atoms with Crippen LogP contribution in [-0.4, -0.2) is 57.2 Å². The van der Waals surface area contributed by atoms with Gasteiger partial charge < -0.3 is 19.7 Å². The van der Waals surface area contributed by atoms with Crippen LogP contribution in [0.5, 0.6) is 11.5 Å². The van der Waals surface area contributed by atoms with Gasteiger partial charge >= 0.3 is 0 Å². The van der Waals surface area contributed by atoms with Crippen LogP contribution in [0.3, 0.4) is 0 Å². The third-order valence-corrected chi connectivity index (χ3v) is 6.29. The van der Waals surface area contributed by atoms with Crippen molar-refractivity contribution in [3.63, 3.8) is 0 Å². The van der Waals surface area contributed by atoms with Crippen molar-refractivity contribution >= 4 is 47.7 Å².